The van der Waals surface area contributed by atoms with Gasteiger partial charge in [-0.25, -0.2) is 0 Å². The summed E-state index contributed by atoms with van der Waals surface area (Å²) in [5.74, 6) is 0. The fraction of sp³-hybridized carbons (Fsp3) is 0.444. The van der Waals surface area contributed by atoms with Gasteiger partial charge in [0.2, 0.25) is 0 Å². The van der Waals surface area contributed by atoms with Crippen molar-refractivity contribution in [3.8, 4) is 0 Å². The third-order valence-corrected chi connectivity index (χ3v) is 2.14. The first-order chi connectivity index (χ1) is 4.97. The van der Waals surface area contributed by atoms with E-state index in [2.05, 4.69) is 17.1 Å². The molecule has 1 nitrogen and oxygen atoms in total. The first kappa shape index (κ1) is 5.90. The lowest BCUT2D eigenvalue weighted by molar-refractivity contribution is 0.924. The van der Waals surface area contributed by atoms with Crippen molar-refractivity contribution in [1.82, 2.24) is 0 Å². The van der Waals surface area contributed by atoms with Crippen molar-refractivity contribution in [3.05, 3.63) is 23.3 Å². The van der Waals surface area contributed by atoms with E-state index in [0.29, 0.717) is 0 Å². The van der Waals surface area contributed by atoms with Crippen LogP contribution in [0.5, 0.6) is 0 Å². The summed E-state index contributed by atoms with van der Waals surface area (Å²) in [6.45, 7) is 0.958. The van der Waals surface area contributed by atoms with Crippen LogP contribution in [0.1, 0.15) is 19.3 Å². The maximum Gasteiger partial charge on any atom is 0.0601 e. The van der Waals surface area contributed by atoms with Crippen LogP contribution in [0.4, 0.5) is 0 Å². The second-order valence-corrected chi connectivity index (χ2v) is 2.81. The highest BCUT2D eigenvalue weighted by molar-refractivity contribution is 5.64. The van der Waals surface area contributed by atoms with Gasteiger partial charge >= 0.3 is 0 Å². The normalized spacial score (nSPS) is 23.2. The topological polar surface area (TPSA) is 12.4 Å². The van der Waals surface area contributed by atoms with E-state index in [0.717, 1.165) is 19.4 Å². The minimum absolute atomic E-state index is 0.958. The molecule has 0 bridgehead atoms. The lowest BCUT2D eigenvalue weighted by Gasteiger charge is -2.16. The molecule has 0 saturated carbocycles. The Hall–Kier alpha value is -0.850. The zero-order chi connectivity index (χ0) is 6.81. The lowest BCUT2D eigenvalue weighted by Crippen LogP contribution is -2.04. The molecule has 0 radical (unpaired) electrons. The van der Waals surface area contributed by atoms with Gasteiger partial charge in [-0.3, -0.25) is 4.99 Å². The number of rotatable bonds is 0. The van der Waals surface area contributed by atoms with Crippen LogP contribution in [-0.2, 0) is 0 Å². The molecule has 1 aliphatic heterocycles. The second-order valence-electron chi connectivity index (χ2n) is 2.81. The third kappa shape index (κ3) is 0.919. The number of allylic oxidation sites excluding steroid dienone is 3. The molecule has 0 spiro atoms. The molecule has 0 atom stereocenters. The van der Waals surface area contributed by atoms with E-state index in [1.54, 1.807) is 11.1 Å². The summed E-state index contributed by atoms with van der Waals surface area (Å²) < 4.78 is 0. The first-order valence-electron chi connectivity index (χ1n) is 3.80. The van der Waals surface area contributed by atoms with Gasteiger partial charge in [-0.05, 0) is 18.4 Å². The molecule has 0 amide bonds. The Kier molecular flexibility index (Phi) is 1.42. The molecule has 0 aromatic rings. The van der Waals surface area contributed by atoms with Crippen LogP contribution in [0.15, 0.2) is 28.3 Å². The highest BCUT2D eigenvalue weighted by atomic mass is 14.7. The molecular formula is C9H11N. The molecule has 2 aliphatic rings. The SMILES string of the molecule is C1=CCC2=C(C1)CC=NC2. The number of hydrogen-bond acceptors (Lipinski definition) is 1. The van der Waals surface area contributed by atoms with Crippen molar-refractivity contribution >= 4 is 6.21 Å². The van der Waals surface area contributed by atoms with Gasteiger partial charge in [0.1, 0.15) is 0 Å². The number of hydrogen-bond donors (Lipinski definition) is 0. The van der Waals surface area contributed by atoms with Crippen LogP contribution in [0.2, 0.25) is 0 Å². The Morgan fingerprint density at radius 1 is 1.00 bits per heavy atom. The quantitative estimate of drug-likeness (QED) is 0.449. The van der Waals surface area contributed by atoms with Gasteiger partial charge in [0, 0.05) is 12.6 Å². The van der Waals surface area contributed by atoms with Crippen molar-refractivity contribution < 1.29 is 0 Å². The largest absolute Gasteiger partial charge is 0.293 e. The van der Waals surface area contributed by atoms with Crippen LogP contribution in [0, 0.1) is 0 Å². The maximum absolute atomic E-state index is 4.24. The predicted octanol–water partition coefficient (Wildman–Crippen LogP) is 2.11. The number of nitrogens with zero attached hydrogens (tertiary/aromatic N) is 1. The fourth-order valence-corrected chi connectivity index (χ4v) is 1.49. The molecule has 1 aliphatic carbocycles. The molecule has 52 valence electrons. The fourth-order valence-electron chi connectivity index (χ4n) is 1.49. The number of aliphatic imine (C=N–C) groups is 1. The zero-order valence-corrected chi connectivity index (χ0v) is 6.01. The van der Waals surface area contributed by atoms with Gasteiger partial charge in [-0.2, -0.15) is 0 Å². The summed E-state index contributed by atoms with van der Waals surface area (Å²) >= 11 is 0. The molecule has 0 N–H and O–H groups in total. The van der Waals surface area contributed by atoms with Gasteiger partial charge in [-0.15, -0.1) is 0 Å². The van der Waals surface area contributed by atoms with E-state index >= 15 is 0 Å². The Morgan fingerprint density at radius 2 is 1.80 bits per heavy atom. The average molecular weight is 133 g/mol. The average Bonchev–Trinajstić information content (AvgIpc) is 2.05. The van der Waals surface area contributed by atoms with Crippen molar-refractivity contribution in [2.45, 2.75) is 19.3 Å². The number of dihydropyridines is 1. The third-order valence-electron chi connectivity index (χ3n) is 2.14. The van der Waals surface area contributed by atoms with Crippen LogP contribution in [-0.4, -0.2) is 12.8 Å². The Labute approximate surface area is 61.2 Å². The van der Waals surface area contributed by atoms with Gasteiger partial charge in [0.25, 0.3) is 0 Å². The molecule has 0 aromatic carbocycles. The molecule has 2 rings (SSSR count). The summed E-state index contributed by atoms with van der Waals surface area (Å²) in [5.41, 5.74) is 3.17. The highest BCUT2D eigenvalue weighted by Gasteiger charge is 2.09. The molecule has 1 heteroatoms. The van der Waals surface area contributed by atoms with Crippen molar-refractivity contribution in [2.24, 2.45) is 4.99 Å². The summed E-state index contributed by atoms with van der Waals surface area (Å²) in [6, 6.07) is 0. The van der Waals surface area contributed by atoms with Crippen molar-refractivity contribution in [2.75, 3.05) is 6.54 Å². The lowest BCUT2D eigenvalue weighted by atomic mass is 9.93. The van der Waals surface area contributed by atoms with E-state index in [1.165, 1.54) is 6.42 Å². The molecular weight excluding hydrogens is 122 g/mol. The van der Waals surface area contributed by atoms with Gasteiger partial charge in [-0.1, -0.05) is 17.7 Å². The summed E-state index contributed by atoms with van der Waals surface area (Å²) in [4.78, 5) is 4.24. The summed E-state index contributed by atoms with van der Waals surface area (Å²) in [7, 11) is 0. The van der Waals surface area contributed by atoms with Gasteiger partial charge < -0.3 is 0 Å². The Morgan fingerprint density at radius 3 is 2.60 bits per heavy atom. The monoisotopic (exact) mass is 133 g/mol. The van der Waals surface area contributed by atoms with Gasteiger partial charge in [0.05, 0.1) is 6.54 Å². The Bertz CT molecular complexity index is 177. The second kappa shape index (κ2) is 2.41. The van der Waals surface area contributed by atoms with E-state index in [4.69, 9.17) is 0 Å². The molecule has 10 heavy (non-hydrogen) atoms. The van der Waals surface area contributed by atoms with Crippen LogP contribution >= 0.6 is 0 Å². The molecule has 0 fully saturated rings. The standard InChI is InChI=1S/C9H11N/c1-2-4-9-7-10-6-5-8(9)3-1/h1-2,6H,3-5,7H2. The van der Waals surface area contributed by atoms with E-state index in [1.807, 2.05) is 6.21 Å². The zero-order valence-electron chi connectivity index (χ0n) is 6.01. The smallest absolute Gasteiger partial charge is 0.0601 e. The van der Waals surface area contributed by atoms with Crippen LogP contribution in [0.25, 0.3) is 0 Å². The molecule has 0 saturated heterocycles. The molecule has 1 heterocycles. The summed E-state index contributed by atoms with van der Waals surface area (Å²) in [6.07, 6.45) is 9.96. The Balaban J connectivity index is 2.19. The van der Waals surface area contributed by atoms with Crippen molar-refractivity contribution in [1.29, 1.82) is 0 Å². The van der Waals surface area contributed by atoms with Crippen LogP contribution < -0.4 is 0 Å². The minimum Gasteiger partial charge on any atom is -0.293 e. The van der Waals surface area contributed by atoms with E-state index in [9.17, 15) is 0 Å². The molecule has 0 aromatic heterocycles. The predicted molar refractivity (Wildman–Crippen MR) is 43.4 cm³/mol. The van der Waals surface area contributed by atoms with Gasteiger partial charge in [0.15, 0.2) is 0 Å². The maximum atomic E-state index is 4.24. The van der Waals surface area contributed by atoms with E-state index < -0.39 is 0 Å². The summed E-state index contributed by atoms with van der Waals surface area (Å²) in [5, 5.41) is 0. The first-order valence-corrected chi connectivity index (χ1v) is 3.80. The van der Waals surface area contributed by atoms with Crippen molar-refractivity contribution in [3.63, 3.8) is 0 Å². The molecule has 0 unspecified atom stereocenters. The highest BCUT2D eigenvalue weighted by Crippen LogP contribution is 2.23. The van der Waals surface area contributed by atoms with Crippen LogP contribution in [0.3, 0.4) is 0 Å². The van der Waals surface area contributed by atoms with E-state index in [-0.39, 0.29) is 0 Å². The minimum atomic E-state index is 0.958.